The van der Waals surface area contributed by atoms with Gasteiger partial charge in [-0.3, -0.25) is 0 Å². The molecule has 1 atom stereocenters. The quantitative estimate of drug-likeness (QED) is 0.232. The van der Waals surface area contributed by atoms with Crippen molar-refractivity contribution in [2.75, 3.05) is 13.7 Å². The molecule has 0 aliphatic heterocycles. The van der Waals surface area contributed by atoms with E-state index in [1.807, 2.05) is 91.0 Å². The van der Waals surface area contributed by atoms with Gasteiger partial charge in [0.05, 0.1) is 0 Å². The van der Waals surface area contributed by atoms with E-state index in [2.05, 4.69) is 13.5 Å². The maximum absolute atomic E-state index is 10.8. The zero-order valence-corrected chi connectivity index (χ0v) is 19.8. The molecule has 3 aromatic rings. The topological polar surface area (TPSA) is 47.9 Å². The molecule has 0 saturated heterocycles. The molecule has 1 N–H and O–H groups in total. The van der Waals surface area contributed by atoms with Gasteiger partial charge in [-0.2, -0.15) is 0 Å². The molecule has 0 aliphatic rings. The third kappa shape index (κ3) is 4.20. The second-order valence-electron chi connectivity index (χ2n) is 7.14. The number of unbranched alkanes of at least 4 members (excludes halogenated alkanes) is 1. The standard InChI is InChI=1S/C25H30O4P2/c1-4-5-21-28-22(2)31(29-30(26)27-3,23-15-9-6-10-16-23,24-17-11-7-12-18-24)25-19-13-8-14-20-25/h6-20,26H,2,4-5,21H2,1,3H3. The van der Waals surface area contributed by atoms with Gasteiger partial charge in [-0.05, 0) is 0 Å². The maximum atomic E-state index is 10.8. The molecule has 164 valence electrons. The predicted octanol–water partition coefficient (Wildman–Crippen LogP) is 5.60. The summed E-state index contributed by atoms with van der Waals surface area (Å²) >= 11 is 0. The monoisotopic (exact) mass is 456 g/mol. The Bertz CT molecular complexity index is 865. The van der Waals surface area contributed by atoms with Gasteiger partial charge in [0, 0.05) is 0 Å². The molecule has 0 heterocycles. The van der Waals surface area contributed by atoms with Crippen LogP contribution in [0.5, 0.6) is 0 Å². The Balaban J connectivity index is 2.47. The van der Waals surface area contributed by atoms with E-state index in [4.69, 9.17) is 13.6 Å². The third-order valence-corrected chi connectivity index (χ3v) is 12.5. The van der Waals surface area contributed by atoms with E-state index in [0.717, 1.165) is 28.8 Å². The Hall–Kier alpha value is -2.06. The Morgan fingerprint density at radius 2 is 1.26 bits per heavy atom. The van der Waals surface area contributed by atoms with E-state index in [0.29, 0.717) is 12.1 Å². The first-order chi connectivity index (χ1) is 15.1. The van der Waals surface area contributed by atoms with Crippen molar-refractivity contribution in [1.82, 2.24) is 0 Å². The van der Waals surface area contributed by atoms with Gasteiger partial charge in [0.2, 0.25) is 0 Å². The summed E-state index contributed by atoms with van der Waals surface area (Å²) in [5, 5.41) is 2.68. The van der Waals surface area contributed by atoms with Crippen LogP contribution in [0.4, 0.5) is 0 Å². The number of hydrogen-bond donors (Lipinski definition) is 1. The molecule has 31 heavy (non-hydrogen) atoms. The Kier molecular flexibility index (Phi) is 8.00. The van der Waals surface area contributed by atoms with Crippen LogP contribution in [-0.4, -0.2) is 18.6 Å². The van der Waals surface area contributed by atoms with E-state index in [9.17, 15) is 4.89 Å². The molecule has 3 aromatic carbocycles. The predicted molar refractivity (Wildman–Crippen MR) is 132 cm³/mol. The fourth-order valence-electron chi connectivity index (χ4n) is 3.83. The van der Waals surface area contributed by atoms with Crippen LogP contribution in [0.1, 0.15) is 19.8 Å². The van der Waals surface area contributed by atoms with Gasteiger partial charge >= 0.3 is 186 Å². The van der Waals surface area contributed by atoms with E-state index in [1.165, 1.54) is 7.11 Å². The second-order valence-corrected chi connectivity index (χ2v) is 12.8. The van der Waals surface area contributed by atoms with Crippen molar-refractivity contribution in [2.24, 2.45) is 0 Å². The third-order valence-electron chi connectivity index (χ3n) is 5.38. The van der Waals surface area contributed by atoms with Gasteiger partial charge in [0.15, 0.2) is 0 Å². The van der Waals surface area contributed by atoms with Crippen molar-refractivity contribution in [3.05, 3.63) is 103 Å². The summed E-state index contributed by atoms with van der Waals surface area (Å²) in [5.74, 6) is 0. The molecule has 0 spiro atoms. The number of ether oxygens (including phenoxy) is 1. The summed E-state index contributed by atoms with van der Waals surface area (Å²) in [4.78, 5) is 10.8. The van der Waals surface area contributed by atoms with E-state index in [-0.39, 0.29) is 0 Å². The van der Waals surface area contributed by atoms with Crippen LogP contribution in [0.2, 0.25) is 0 Å². The van der Waals surface area contributed by atoms with Gasteiger partial charge in [-0.25, -0.2) is 0 Å². The Morgan fingerprint density at radius 1 is 0.839 bits per heavy atom. The Morgan fingerprint density at radius 3 is 1.61 bits per heavy atom. The molecule has 0 fully saturated rings. The summed E-state index contributed by atoms with van der Waals surface area (Å²) in [6.07, 6.45) is 1.89. The molecule has 6 heteroatoms. The molecule has 0 aromatic heterocycles. The van der Waals surface area contributed by atoms with Gasteiger partial charge < -0.3 is 0 Å². The second kappa shape index (κ2) is 10.5. The summed E-state index contributed by atoms with van der Waals surface area (Å²) in [6.45, 7) is 3.07. The molecule has 0 saturated carbocycles. The van der Waals surface area contributed by atoms with Crippen LogP contribution in [0, 0.1) is 0 Å². The number of rotatable bonds is 11. The van der Waals surface area contributed by atoms with Gasteiger partial charge in [-0.1, -0.05) is 0 Å². The van der Waals surface area contributed by atoms with Crippen LogP contribution < -0.4 is 15.9 Å². The van der Waals surface area contributed by atoms with Gasteiger partial charge in [0.25, 0.3) is 0 Å². The first kappa shape index (κ1) is 23.6. The number of benzene rings is 3. The fraction of sp³-hybridized carbons (Fsp3) is 0.200. The van der Waals surface area contributed by atoms with Crippen LogP contribution >= 0.6 is 15.4 Å². The minimum absolute atomic E-state index is 0.502. The zero-order valence-electron chi connectivity index (χ0n) is 18.1. The summed E-state index contributed by atoms with van der Waals surface area (Å²) < 4.78 is 18.4. The SMILES string of the molecule is C=C(OCCCC)P(OP(O)OC)(c1ccccc1)(c1ccccc1)c1ccccc1. The molecular weight excluding hydrogens is 426 g/mol. The van der Waals surface area contributed by atoms with Crippen LogP contribution in [0.15, 0.2) is 103 Å². The van der Waals surface area contributed by atoms with Crippen molar-refractivity contribution in [1.29, 1.82) is 0 Å². The van der Waals surface area contributed by atoms with Crippen molar-refractivity contribution in [2.45, 2.75) is 19.8 Å². The molecule has 4 nitrogen and oxygen atoms in total. The van der Waals surface area contributed by atoms with Gasteiger partial charge in [-0.15, -0.1) is 0 Å². The molecule has 0 amide bonds. The molecule has 0 bridgehead atoms. The fourth-order valence-corrected chi connectivity index (χ4v) is 11.0. The molecule has 0 radical (unpaired) electrons. The van der Waals surface area contributed by atoms with Gasteiger partial charge in [0.1, 0.15) is 0 Å². The molecule has 1 unspecified atom stereocenters. The van der Waals surface area contributed by atoms with Crippen molar-refractivity contribution >= 4 is 31.3 Å². The summed E-state index contributed by atoms with van der Waals surface area (Å²) in [7, 11) is -0.776. The Labute approximate surface area is 186 Å². The van der Waals surface area contributed by atoms with Crippen molar-refractivity contribution < 1.29 is 18.5 Å². The van der Waals surface area contributed by atoms with Crippen molar-refractivity contribution in [3.8, 4) is 0 Å². The first-order valence-electron chi connectivity index (χ1n) is 10.3. The van der Waals surface area contributed by atoms with Crippen LogP contribution in [0.3, 0.4) is 0 Å². The average Bonchev–Trinajstić information content (AvgIpc) is 2.84. The van der Waals surface area contributed by atoms with E-state index in [1.54, 1.807) is 0 Å². The number of hydrogen-bond acceptors (Lipinski definition) is 4. The van der Waals surface area contributed by atoms with E-state index < -0.39 is 15.4 Å². The summed E-state index contributed by atoms with van der Waals surface area (Å²) in [5.41, 5.74) is 0.502. The molecular formula is C25H30O4P2. The van der Waals surface area contributed by atoms with Crippen LogP contribution in [-0.2, 0) is 13.6 Å². The summed E-state index contributed by atoms with van der Waals surface area (Å²) in [6, 6.07) is 29.8. The minimum atomic E-state index is -4.00. The normalized spacial score (nSPS) is 13.7. The van der Waals surface area contributed by atoms with Crippen LogP contribution in [0.25, 0.3) is 0 Å². The first-order valence-corrected chi connectivity index (χ1v) is 13.6. The molecule has 0 aliphatic carbocycles. The molecule has 3 rings (SSSR count). The zero-order chi connectivity index (χ0) is 22.2. The van der Waals surface area contributed by atoms with E-state index >= 15 is 0 Å². The van der Waals surface area contributed by atoms with Crippen molar-refractivity contribution in [3.63, 3.8) is 0 Å². The average molecular weight is 456 g/mol.